The predicted octanol–water partition coefficient (Wildman–Crippen LogP) is 2.34. The fourth-order valence-electron chi connectivity index (χ4n) is 1.69. The molecule has 0 aromatic carbocycles. The first-order chi connectivity index (χ1) is 8.65. The Bertz CT molecular complexity index is 516. The summed E-state index contributed by atoms with van der Waals surface area (Å²) in [5.41, 5.74) is 7.46. The maximum Gasteiger partial charge on any atom is 0.123 e. The van der Waals surface area contributed by atoms with Gasteiger partial charge in [0.15, 0.2) is 0 Å². The van der Waals surface area contributed by atoms with Crippen molar-refractivity contribution < 1.29 is 0 Å². The lowest BCUT2D eigenvalue weighted by molar-refractivity contribution is 0.311. The van der Waals surface area contributed by atoms with E-state index in [0.717, 1.165) is 17.9 Å². The normalized spacial score (nSPS) is 10.8. The third kappa shape index (κ3) is 3.42. The number of aromatic nitrogens is 2. The van der Waals surface area contributed by atoms with Gasteiger partial charge < -0.3 is 5.73 Å². The summed E-state index contributed by atoms with van der Waals surface area (Å²) in [6.45, 7) is 1.38. The monoisotopic (exact) mass is 262 g/mol. The molecule has 94 valence electrons. The van der Waals surface area contributed by atoms with Crippen molar-refractivity contribution in [2.45, 2.75) is 13.1 Å². The molecule has 2 N–H and O–H groups in total. The third-order valence-corrected chi connectivity index (χ3v) is 2.86. The Morgan fingerprint density at radius 2 is 2.06 bits per heavy atom. The standard InChI is InChI=1S/C13H15ClN4/c1-18(8-10-4-2-3-7-16-10)9-12-11(14)5-6-13(15)17-12/h2-7H,8-9H2,1H3,(H2,15,17). The van der Waals surface area contributed by atoms with Crippen LogP contribution in [0.3, 0.4) is 0 Å². The second-order valence-corrected chi connectivity index (χ2v) is 4.57. The van der Waals surface area contributed by atoms with Crippen LogP contribution < -0.4 is 5.73 Å². The van der Waals surface area contributed by atoms with Crippen LogP contribution in [0.5, 0.6) is 0 Å². The van der Waals surface area contributed by atoms with Crippen LogP contribution in [0, 0.1) is 0 Å². The van der Waals surface area contributed by atoms with Crippen LogP contribution >= 0.6 is 11.6 Å². The lowest BCUT2D eigenvalue weighted by Crippen LogP contribution is -2.19. The van der Waals surface area contributed by atoms with E-state index in [1.807, 2.05) is 25.2 Å². The number of nitrogens with two attached hydrogens (primary N) is 1. The van der Waals surface area contributed by atoms with E-state index in [4.69, 9.17) is 17.3 Å². The molecule has 4 nitrogen and oxygen atoms in total. The number of nitrogen functional groups attached to an aromatic ring is 1. The number of anilines is 1. The Hall–Kier alpha value is -1.65. The minimum Gasteiger partial charge on any atom is -0.384 e. The highest BCUT2D eigenvalue weighted by molar-refractivity contribution is 6.31. The van der Waals surface area contributed by atoms with Crippen LogP contribution in [0.25, 0.3) is 0 Å². The molecule has 0 aliphatic rings. The van der Waals surface area contributed by atoms with E-state index in [1.165, 1.54) is 0 Å². The smallest absolute Gasteiger partial charge is 0.123 e. The van der Waals surface area contributed by atoms with E-state index in [1.54, 1.807) is 18.3 Å². The number of halogens is 1. The Balaban J connectivity index is 2.03. The predicted molar refractivity (Wildman–Crippen MR) is 73.1 cm³/mol. The molecule has 0 unspecified atom stereocenters. The first-order valence-corrected chi connectivity index (χ1v) is 6.02. The average Bonchev–Trinajstić information content (AvgIpc) is 2.35. The molecule has 0 aliphatic heterocycles. The summed E-state index contributed by atoms with van der Waals surface area (Å²) < 4.78 is 0. The van der Waals surface area contributed by atoms with Crippen molar-refractivity contribution in [2.75, 3.05) is 12.8 Å². The van der Waals surface area contributed by atoms with Crippen molar-refractivity contribution >= 4 is 17.4 Å². The van der Waals surface area contributed by atoms with Crippen LogP contribution in [0.2, 0.25) is 5.02 Å². The molecule has 0 saturated heterocycles. The molecule has 18 heavy (non-hydrogen) atoms. The maximum atomic E-state index is 6.08. The van der Waals surface area contributed by atoms with Gasteiger partial charge in [0, 0.05) is 19.3 Å². The second kappa shape index (κ2) is 5.80. The van der Waals surface area contributed by atoms with Crippen molar-refractivity contribution in [3.8, 4) is 0 Å². The number of hydrogen-bond acceptors (Lipinski definition) is 4. The quantitative estimate of drug-likeness (QED) is 0.919. The summed E-state index contributed by atoms with van der Waals surface area (Å²) in [6, 6.07) is 9.34. The summed E-state index contributed by atoms with van der Waals surface area (Å²) in [7, 11) is 2.00. The Morgan fingerprint density at radius 3 is 2.78 bits per heavy atom. The second-order valence-electron chi connectivity index (χ2n) is 4.16. The molecule has 2 aromatic heterocycles. The van der Waals surface area contributed by atoms with Crippen LogP contribution in [-0.2, 0) is 13.1 Å². The minimum absolute atomic E-state index is 0.487. The number of pyridine rings is 2. The van der Waals surface area contributed by atoms with Gasteiger partial charge in [-0.25, -0.2) is 4.98 Å². The van der Waals surface area contributed by atoms with Gasteiger partial charge in [-0.2, -0.15) is 0 Å². The molecule has 2 aromatic rings. The van der Waals surface area contributed by atoms with Gasteiger partial charge in [0.2, 0.25) is 0 Å². The van der Waals surface area contributed by atoms with Crippen LogP contribution in [-0.4, -0.2) is 21.9 Å². The molecule has 0 atom stereocenters. The van der Waals surface area contributed by atoms with Gasteiger partial charge in [0.1, 0.15) is 5.82 Å². The van der Waals surface area contributed by atoms with Crippen molar-refractivity contribution in [3.05, 3.63) is 52.9 Å². The molecular weight excluding hydrogens is 248 g/mol. The molecule has 0 amide bonds. The van der Waals surface area contributed by atoms with Crippen LogP contribution in [0.15, 0.2) is 36.5 Å². The highest BCUT2D eigenvalue weighted by atomic mass is 35.5. The molecule has 5 heteroatoms. The van der Waals surface area contributed by atoms with Crippen molar-refractivity contribution in [1.29, 1.82) is 0 Å². The Kier molecular flexibility index (Phi) is 4.12. The summed E-state index contributed by atoms with van der Waals surface area (Å²) in [5, 5.41) is 0.636. The largest absolute Gasteiger partial charge is 0.384 e. The Morgan fingerprint density at radius 1 is 1.22 bits per heavy atom. The molecule has 0 aliphatic carbocycles. The van der Waals surface area contributed by atoms with Gasteiger partial charge in [0.05, 0.1) is 16.4 Å². The van der Waals surface area contributed by atoms with E-state index in [9.17, 15) is 0 Å². The van der Waals surface area contributed by atoms with Crippen LogP contribution in [0.1, 0.15) is 11.4 Å². The van der Waals surface area contributed by atoms with E-state index < -0.39 is 0 Å². The van der Waals surface area contributed by atoms with Gasteiger partial charge in [-0.05, 0) is 31.3 Å². The van der Waals surface area contributed by atoms with E-state index in [2.05, 4.69) is 14.9 Å². The van der Waals surface area contributed by atoms with E-state index in [-0.39, 0.29) is 0 Å². The minimum atomic E-state index is 0.487. The van der Waals surface area contributed by atoms with E-state index >= 15 is 0 Å². The van der Waals surface area contributed by atoms with E-state index in [0.29, 0.717) is 17.4 Å². The van der Waals surface area contributed by atoms with Crippen molar-refractivity contribution in [3.63, 3.8) is 0 Å². The molecule has 2 rings (SSSR count). The molecule has 0 fully saturated rings. The number of nitrogens with zero attached hydrogens (tertiary/aromatic N) is 3. The lowest BCUT2D eigenvalue weighted by atomic mass is 10.3. The van der Waals surface area contributed by atoms with Gasteiger partial charge >= 0.3 is 0 Å². The average molecular weight is 263 g/mol. The SMILES string of the molecule is CN(Cc1ccccn1)Cc1nc(N)ccc1Cl. The highest BCUT2D eigenvalue weighted by Crippen LogP contribution is 2.17. The maximum absolute atomic E-state index is 6.08. The zero-order chi connectivity index (χ0) is 13.0. The Labute approximate surface area is 111 Å². The topological polar surface area (TPSA) is 55.0 Å². The highest BCUT2D eigenvalue weighted by Gasteiger charge is 2.07. The van der Waals surface area contributed by atoms with Gasteiger partial charge in [-0.1, -0.05) is 17.7 Å². The molecule has 0 spiro atoms. The third-order valence-electron chi connectivity index (χ3n) is 2.52. The lowest BCUT2D eigenvalue weighted by Gasteiger charge is -2.16. The van der Waals surface area contributed by atoms with Gasteiger partial charge in [0.25, 0.3) is 0 Å². The molecule has 0 radical (unpaired) electrons. The fraction of sp³-hybridized carbons (Fsp3) is 0.231. The summed E-state index contributed by atoms with van der Waals surface area (Å²) in [5.74, 6) is 0.487. The van der Waals surface area contributed by atoms with Crippen LogP contribution in [0.4, 0.5) is 5.82 Å². The summed E-state index contributed by atoms with van der Waals surface area (Å²) in [6.07, 6.45) is 1.79. The zero-order valence-corrected chi connectivity index (χ0v) is 10.9. The number of rotatable bonds is 4. The fourth-order valence-corrected chi connectivity index (χ4v) is 1.86. The molecule has 2 heterocycles. The first-order valence-electron chi connectivity index (χ1n) is 5.64. The van der Waals surface area contributed by atoms with Gasteiger partial charge in [-0.3, -0.25) is 9.88 Å². The summed E-state index contributed by atoms with van der Waals surface area (Å²) >= 11 is 6.08. The molecule has 0 bridgehead atoms. The van der Waals surface area contributed by atoms with Gasteiger partial charge in [-0.15, -0.1) is 0 Å². The van der Waals surface area contributed by atoms with Crippen molar-refractivity contribution in [2.24, 2.45) is 0 Å². The van der Waals surface area contributed by atoms with Crippen molar-refractivity contribution in [1.82, 2.24) is 14.9 Å². The summed E-state index contributed by atoms with van der Waals surface area (Å²) in [4.78, 5) is 10.6. The molecule has 0 saturated carbocycles. The molecular formula is C13H15ClN4. The number of hydrogen-bond donors (Lipinski definition) is 1. The first kappa shape index (κ1) is 12.8. The zero-order valence-electron chi connectivity index (χ0n) is 10.2.